The Morgan fingerprint density at radius 1 is 1.17 bits per heavy atom. The minimum absolute atomic E-state index is 0.144. The summed E-state index contributed by atoms with van der Waals surface area (Å²) in [5, 5.41) is 16.2. The molecule has 2 aromatic carbocycles. The van der Waals surface area contributed by atoms with E-state index in [1.807, 2.05) is 6.07 Å². The highest BCUT2D eigenvalue weighted by Crippen LogP contribution is 2.35. The molecular formula is C17H14Cl2N2O2. The van der Waals surface area contributed by atoms with Gasteiger partial charge in [0.2, 0.25) is 5.91 Å². The number of hydrogen-bond acceptors (Lipinski definition) is 3. The van der Waals surface area contributed by atoms with Gasteiger partial charge in [0.25, 0.3) is 0 Å². The molecule has 0 radical (unpaired) electrons. The van der Waals surface area contributed by atoms with Gasteiger partial charge in [-0.25, -0.2) is 5.01 Å². The summed E-state index contributed by atoms with van der Waals surface area (Å²) in [5.74, 6) is 0.0478. The summed E-state index contributed by atoms with van der Waals surface area (Å²) in [7, 11) is 0. The maximum Gasteiger partial charge on any atom is 0.240 e. The Bertz CT molecular complexity index is 788. The van der Waals surface area contributed by atoms with Gasteiger partial charge < -0.3 is 5.11 Å². The van der Waals surface area contributed by atoms with Gasteiger partial charge >= 0.3 is 0 Å². The van der Waals surface area contributed by atoms with Crippen molar-refractivity contribution < 1.29 is 9.90 Å². The molecule has 1 unspecified atom stereocenters. The van der Waals surface area contributed by atoms with Gasteiger partial charge in [-0.05, 0) is 47.5 Å². The topological polar surface area (TPSA) is 52.9 Å². The van der Waals surface area contributed by atoms with Crippen molar-refractivity contribution in [2.75, 3.05) is 0 Å². The molecule has 2 aromatic rings. The molecule has 0 aromatic heterocycles. The van der Waals surface area contributed by atoms with Crippen LogP contribution in [0, 0.1) is 0 Å². The Morgan fingerprint density at radius 3 is 2.48 bits per heavy atom. The molecule has 1 aliphatic rings. The number of hydrogen-bond donors (Lipinski definition) is 1. The highest BCUT2D eigenvalue weighted by molar-refractivity contribution is 6.42. The van der Waals surface area contributed by atoms with E-state index in [9.17, 15) is 9.90 Å². The lowest BCUT2D eigenvalue weighted by Crippen LogP contribution is -2.24. The maximum atomic E-state index is 11.9. The van der Waals surface area contributed by atoms with E-state index in [0.29, 0.717) is 16.5 Å². The van der Waals surface area contributed by atoms with Crippen LogP contribution in [0.2, 0.25) is 10.0 Å². The first-order valence-electron chi connectivity index (χ1n) is 7.07. The fourth-order valence-corrected chi connectivity index (χ4v) is 2.91. The largest absolute Gasteiger partial charge is 0.508 e. The number of hydrazone groups is 1. The van der Waals surface area contributed by atoms with Crippen LogP contribution in [0.1, 0.15) is 30.5 Å². The monoisotopic (exact) mass is 348 g/mol. The number of phenolic OH excluding ortho intramolecular Hbond substituents is 1. The van der Waals surface area contributed by atoms with Crippen LogP contribution >= 0.6 is 23.2 Å². The van der Waals surface area contributed by atoms with Crippen molar-refractivity contribution in [1.29, 1.82) is 0 Å². The van der Waals surface area contributed by atoms with Gasteiger partial charge in [-0.1, -0.05) is 29.3 Å². The third-order valence-corrected chi connectivity index (χ3v) is 4.50. The molecule has 118 valence electrons. The van der Waals surface area contributed by atoms with Crippen molar-refractivity contribution in [1.82, 2.24) is 5.01 Å². The van der Waals surface area contributed by atoms with E-state index in [-0.39, 0.29) is 17.7 Å². The zero-order chi connectivity index (χ0) is 16.6. The molecule has 4 nitrogen and oxygen atoms in total. The van der Waals surface area contributed by atoms with Crippen LogP contribution in [0.5, 0.6) is 5.75 Å². The lowest BCUT2D eigenvalue weighted by molar-refractivity contribution is -0.130. The third-order valence-electron chi connectivity index (χ3n) is 3.76. The van der Waals surface area contributed by atoms with Crippen LogP contribution in [-0.2, 0) is 4.79 Å². The quantitative estimate of drug-likeness (QED) is 0.874. The SMILES string of the molecule is CC(=O)N1N=C(c2ccc(O)cc2)CC1c1ccc(Cl)c(Cl)c1. The Morgan fingerprint density at radius 2 is 1.87 bits per heavy atom. The van der Waals surface area contributed by atoms with Crippen LogP contribution in [0.3, 0.4) is 0 Å². The molecule has 0 saturated carbocycles. The molecule has 23 heavy (non-hydrogen) atoms. The van der Waals surface area contributed by atoms with Crippen molar-refractivity contribution in [3.63, 3.8) is 0 Å². The van der Waals surface area contributed by atoms with Crippen molar-refractivity contribution in [3.05, 3.63) is 63.6 Å². The lowest BCUT2D eigenvalue weighted by atomic mass is 9.98. The zero-order valence-corrected chi connectivity index (χ0v) is 13.8. The number of amides is 1. The predicted octanol–water partition coefficient (Wildman–Crippen LogP) is 4.40. The van der Waals surface area contributed by atoms with Gasteiger partial charge in [-0.15, -0.1) is 0 Å². The standard InChI is InChI=1S/C17H14Cl2N2O2/c1-10(22)21-17(12-4-7-14(18)15(19)8-12)9-16(20-21)11-2-5-13(23)6-3-11/h2-8,17,23H,9H2,1H3. The van der Waals surface area contributed by atoms with Gasteiger partial charge in [0.1, 0.15) is 5.75 Å². The van der Waals surface area contributed by atoms with Crippen molar-refractivity contribution >= 4 is 34.8 Å². The van der Waals surface area contributed by atoms with E-state index < -0.39 is 0 Å². The first kappa shape index (κ1) is 15.8. The molecule has 1 amide bonds. The van der Waals surface area contributed by atoms with E-state index >= 15 is 0 Å². The summed E-state index contributed by atoms with van der Waals surface area (Å²) < 4.78 is 0. The second-order valence-corrected chi connectivity index (χ2v) is 6.17. The summed E-state index contributed by atoms with van der Waals surface area (Å²) in [5.41, 5.74) is 2.54. The number of nitrogens with zero attached hydrogens (tertiary/aromatic N) is 2. The highest BCUT2D eigenvalue weighted by atomic mass is 35.5. The van der Waals surface area contributed by atoms with E-state index in [1.54, 1.807) is 36.4 Å². The Kier molecular flexibility index (Phi) is 4.28. The second kappa shape index (κ2) is 6.22. The number of carbonyl (C=O) groups excluding carboxylic acids is 1. The zero-order valence-electron chi connectivity index (χ0n) is 12.3. The highest BCUT2D eigenvalue weighted by Gasteiger charge is 2.31. The molecule has 3 rings (SSSR count). The molecule has 1 atom stereocenters. The smallest absolute Gasteiger partial charge is 0.240 e. The van der Waals surface area contributed by atoms with Gasteiger partial charge in [0.15, 0.2) is 0 Å². The molecule has 0 aliphatic carbocycles. The summed E-state index contributed by atoms with van der Waals surface area (Å²) in [6, 6.07) is 11.9. The van der Waals surface area contributed by atoms with Crippen LogP contribution < -0.4 is 0 Å². The average Bonchev–Trinajstić information content (AvgIpc) is 2.96. The average molecular weight is 349 g/mol. The molecule has 1 aliphatic heterocycles. The predicted molar refractivity (Wildman–Crippen MR) is 91.0 cm³/mol. The molecule has 0 saturated heterocycles. The van der Waals surface area contributed by atoms with E-state index in [1.165, 1.54) is 11.9 Å². The minimum Gasteiger partial charge on any atom is -0.508 e. The molecule has 0 spiro atoms. The molecule has 0 bridgehead atoms. The fourth-order valence-electron chi connectivity index (χ4n) is 2.61. The Balaban J connectivity index is 1.95. The summed E-state index contributed by atoms with van der Waals surface area (Å²) in [6.07, 6.45) is 0.572. The van der Waals surface area contributed by atoms with Gasteiger partial charge in [0, 0.05) is 13.3 Å². The van der Waals surface area contributed by atoms with Gasteiger partial charge in [-0.2, -0.15) is 5.10 Å². The molecule has 1 N–H and O–H groups in total. The number of rotatable bonds is 2. The fraction of sp³-hybridized carbons (Fsp3) is 0.176. The normalized spacial score (nSPS) is 17.3. The van der Waals surface area contributed by atoms with Crippen LogP contribution in [-0.4, -0.2) is 21.7 Å². The van der Waals surface area contributed by atoms with Gasteiger partial charge in [0.05, 0.1) is 21.8 Å². The summed E-state index contributed by atoms with van der Waals surface area (Å²) >= 11 is 12.1. The van der Waals surface area contributed by atoms with Crippen molar-refractivity contribution in [2.45, 2.75) is 19.4 Å². The van der Waals surface area contributed by atoms with Crippen molar-refractivity contribution in [2.24, 2.45) is 5.10 Å². The third kappa shape index (κ3) is 3.19. The summed E-state index contributed by atoms with van der Waals surface area (Å²) in [4.78, 5) is 11.9. The molecule has 6 heteroatoms. The molecular weight excluding hydrogens is 335 g/mol. The van der Waals surface area contributed by atoms with Crippen LogP contribution in [0.25, 0.3) is 0 Å². The maximum absolute atomic E-state index is 11.9. The lowest BCUT2D eigenvalue weighted by Gasteiger charge is -2.20. The Labute approximate surface area is 143 Å². The van der Waals surface area contributed by atoms with Crippen LogP contribution in [0.15, 0.2) is 47.6 Å². The van der Waals surface area contributed by atoms with Crippen molar-refractivity contribution in [3.8, 4) is 5.75 Å². The molecule has 1 heterocycles. The van der Waals surface area contributed by atoms with E-state index in [2.05, 4.69) is 5.10 Å². The first-order valence-corrected chi connectivity index (χ1v) is 7.83. The summed E-state index contributed by atoms with van der Waals surface area (Å²) in [6.45, 7) is 1.48. The number of aromatic hydroxyl groups is 1. The van der Waals surface area contributed by atoms with E-state index in [0.717, 1.165) is 16.8 Å². The second-order valence-electron chi connectivity index (χ2n) is 5.35. The molecule has 0 fully saturated rings. The Hall–Kier alpha value is -2.04. The van der Waals surface area contributed by atoms with Gasteiger partial charge in [-0.3, -0.25) is 4.79 Å². The van der Waals surface area contributed by atoms with Crippen LogP contribution in [0.4, 0.5) is 0 Å². The minimum atomic E-state index is -0.217. The first-order chi connectivity index (χ1) is 11.0. The number of benzene rings is 2. The number of phenols is 1. The number of carbonyl (C=O) groups is 1. The number of halogens is 2. The van der Waals surface area contributed by atoms with E-state index in [4.69, 9.17) is 23.2 Å².